The minimum absolute atomic E-state index is 0.00712. The van der Waals surface area contributed by atoms with Crippen LogP contribution in [0.25, 0.3) is 0 Å². The summed E-state index contributed by atoms with van der Waals surface area (Å²) in [6, 6.07) is 16.1. The number of benzene rings is 2. The van der Waals surface area contributed by atoms with Crippen LogP contribution >= 0.6 is 15.9 Å². The molecule has 1 amide bonds. The van der Waals surface area contributed by atoms with Gasteiger partial charge in [0.25, 0.3) is 0 Å². The Labute approximate surface area is 133 Å². The van der Waals surface area contributed by atoms with Gasteiger partial charge in [-0.05, 0) is 29.7 Å². The summed E-state index contributed by atoms with van der Waals surface area (Å²) in [5.41, 5.74) is 3.48. The Morgan fingerprint density at radius 2 is 1.81 bits per heavy atom. The highest BCUT2D eigenvalue weighted by molar-refractivity contribution is 9.10. The second-order valence-electron chi connectivity index (χ2n) is 4.95. The molecule has 0 heterocycles. The molecule has 0 saturated heterocycles. The van der Waals surface area contributed by atoms with Crippen molar-refractivity contribution in [1.29, 1.82) is 0 Å². The molecule has 0 aliphatic heterocycles. The van der Waals surface area contributed by atoms with Crippen LogP contribution in [0.15, 0.2) is 53.0 Å². The van der Waals surface area contributed by atoms with Crippen LogP contribution in [0.1, 0.15) is 16.7 Å². The van der Waals surface area contributed by atoms with Gasteiger partial charge in [0.2, 0.25) is 5.91 Å². The van der Waals surface area contributed by atoms with E-state index in [1.807, 2.05) is 42.5 Å². The monoisotopic (exact) mass is 346 g/mol. The number of halogens is 1. The zero-order valence-corrected chi connectivity index (χ0v) is 13.6. The smallest absolute Gasteiger partial charge is 0.234 e. The maximum absolute atomic E-state index is 11.7. The molecule has 4 heteroatoms. The van der Waals surface area contributed by atoms with Crippen LogP contribution in [0.3, 0.4) is 0 Å². The third-order valence-electron chi connectivity index (χ3n) is 3.17. The van der Waals surface area contributed by atoms with Crippen molar-refractivity contribution < 1.29 is 4.79 Å². The van der Waals surface area contributed by atoms with Gasteiger partial charge in [0.1, 0.15) is 0 Å². The molecule has 3 nitrogen and oxygen atoms in total. The second kappa shape index (κ2) is 7.96. The van der Waals surface area contributed by atoms with Crippen molar-refractivity contribution >= 4 is 21.8 Å². The highest BCUT2D eigenvalue weighted by Gasteiger charge is 2.02. The molecule has 0 aromatic heterocycles. The number of aryl methyl sites for hydroxylation is 1. The molecule has 2 N–H and O–H groups in total. The van der Waals surface area contributed by atoms with Crippen molar-refractivity contribution in [3.63, 3.8) is 0 Å². The Balaban J connectivity index is 1.70. The average molecular weight is 347 g/mol. The van der Waals surface area contributed by atoms with Crippen molar-refractivity contribution in [3.05, 3.63) is 69.7 Å². The van der Waals surface area contributed by atoms with Gasteiger partial charge < -0.3 is 10.6 Å². The quantitative estimate of drug-likeness (QED) is 0.843. The highest BCUT2D eigenvalue weighted by atomic mass is 79.9. The Kier molecular flexibility index (Phi) is 5.96. The van der Waals surface area contributed by atoms with E-state index in [4.69, 9.17) is 0 Å². The van der Waals surface area contributed by atoms with E-state index >= 15 is 0 Å². The molecule has 0 radical (unpaired) electrons. The van der Waals surface area contributed by atoms with Crippen LogP contribution in [0.4, 0.5) is 0 Å². The summed E-state index contributed by atoms with van der Waals surface area (Å²) < 4.78 is 1.10. The summed E-state index contributed by atoms with van der Waals surface area (Å²) in [5.74, 6) is 0.00712. The van der Waals surface area contributed by atoms with E-state index in [9.17, 15) is 4.79 Å². The molecule has 0 aliphatic carbocycles. The van der Waals surface area contributed by atoms with Gasteiger partial charge in [-0.1, -0.05) is 58.4 Å². The van der Waals surface area contributed by atoms with Gasteiger partial charge in [0.15, 0.2) is 0 Å². The molecule has 0 bridgehead atoms. The summed E-state index contributed by atoms with van der Waals surface area (Å²) in [7, 11) is 0. The average Bonchev–Trinajstić information content (AvgIpc) is 2.50. The summed E-state index contributed by atoms with van der Waals surface area (Å²) in [4.78, 5) is 11.7. The predicted octanol–water partition coefficient (Wildman–Crippen LogP) is 3.16. The van der Waals surface area contributed by atoms with Crippen LogP contribution < -0.4 is 10.6 Å². The zero-order valence-electron chi connectivity index (χ0n) is 12.0. The first kappa shape index (κ1) is 15.7. The van der Waals surface area contributed by atoms with E-state index in [1.165, 1.54) is 11.1 Å². The number of hydrogen-bond acceptors (Lipinski definition) is 2. The minimum atomic E-state index is 0.00712. The topological polar surface area (TPSA) is 41.1 Å². The van der Waals surface area contributed by atoms with Gasteiger partial charge in [-0.3, -0.25) is 4.79 Å². The lowest BCUT2D eigenvalue weighted by molar-refractivity contribution is -0.120. The first-order chi connectivity index (χ1) is 10.1. The molecule has 2 rings (SSSR count). The predicted molar refractivity (Wildman–Crippen MR) is 88.9 cm³/mol. The Hall–Kier alpha value is -1.65. The summed E-state index contributed by atoms with van der Waals surface area (Å²) in [6.07, 6.45) is 0. The van der Waals surface area contributed by atoms with Crippen LogP contribution in [0.5, 0.6) is 0 Å². The zero-order chi connectivity index (χ0) is 15.1. The number of amides is 1. The largest absolute Gasteiger partial charge is 0.351 e. The molecule has 0 fully saturated rings. The third-order valence-corrected chi connectivity index (χ3v) is 4.06. The molecular weight excluding hydrogens is 328 g/mol. The number of carbonyl (C=O) groups excluding carboxylic acids is 1. The van der Waals surface area contributed by atoms with Crippen molar-refractivity contribution in [3.8, 4) is 0 Å². The SMILES string of the molecule is Cc1cc(CNCC(=O)NCc2ccccc2)ccc1Br. The van der Waals surface area contributed by atoms with Gasteiger partial charge in [0, 0.05) is 17.6 Å². The minimum Gasteiger partial charge on any atom is -0.351 e. The number of hydrogen-bond donors (Lipinski definition) is 2. The maximum Gasteiger partial charge on any atom is 0.234 e. The van der Waals surface area contributed by atoms with Crippen molar-refractivity contribution in [2.24, 2.45) is 0 Å². The lowest BCUT2D eigenvalue weighted by Gasteiger charge is -2.08. The van der Waals surface area contributed by atoms with Crippen LogP contribution in [-0.4, -0.2) is 12.5 Å². The van der Waals surface area contributed by atoms with Crippen LogP contribution in [-0.2, 0) is 17.9 Å². The molecule has 0 atom stereocenters. The fourth-order valence-corrected chi connectivity index (χ4v) is 2.24. The van der Waals surface area contributed by atoms with E-state index in [2.05, 4.69) is 39.6 Å². The second-order valence-corrected chi connectivity index (χ2v) is 5.80. The van der Waals surface area contributed by atoms with E-state index in [-0.39, 0.29) is 5.91 Å². The maximum atomic E-state index is 11.7. The Morgan fingerprint density at radius 3 is 2.52 bits per heavy atom. The molecule has 2 aromatic carbocycles. The van der Waals surface area contributed by atoms with Gasteiger partial charge in [-0.2, -0.15) is 0 Å². The summed E-state index contributed by atoms with van der Waals surface area (Å²) in [6.45, 7) is 3.63. The molecule has 0 aliphatic rings. The standard InChI is InChI=1S/C17H19BrN2O/c1-13-9-15(7-8-16(13)18)10-19-12-17(21)20-11-14-5-3-2-4-6-14/h2-9,19H,10-12H2,1H3,(H,20,21). The van der Waals surface area contributed by atoms with E-state index < -0.39 is 0 Å². The molecule has 21 heavy (non-hydrogen) atoms. The van der Waals surface area contributed by atoms with Crippen molar-refractivity contribution in [1.82, 2.24) is 10.6 Å². The lowest BCUT2D eigenvalue weighted by atomic mass is 10.1. The summed E-state index contributed by atoms with van der Waals surface area (Å²) >= 11 is 3.48. The Morgan fingerprint density at radius 1 is 1.05 bits per heavy atom. The lowest BCUT2D eigenvalue weighted by Crippen LogP contribution is -2.33. The van der Waals surface area contributed by atoms with Gasteiger partial charge in [-0.25, -0.2) is 0 Å². The van der Waals surface area contributed by atoms with Crippen molar-refractivity contribution in [2.75, 3.05) is 6.54 Å². The fraction of sp³-hybridized carbons (Fsp3) is 0.235. The number of rotatable bonds is 6. The molecular formula is C17H19BrN2O. The van der Waals surface area contributed by atoms with Crippen LogP contribution in [0, 0.1) is 6.92 Å². The number of nitrogens with one attached hydrogen (secondary N) is 2. The van der Waals surface area contributed by atoms with Crippen molar-refractivity contribution in [2.45, 2.75) is 20.0 Å². The first-order valence-electron chi connectivity index (χ1n) is 6.91. The fourth-order valence-electron chi connectivity index (χ4n) is 2.00. The molecule has 0 saturated carbocycles. The molecule has 0 unspecified atom stereocenters. The van der Waals surface area contributed by atoms with E-state index in [0.717, 1.165) is 10.0 Å². The number of carbonyl (C=O) groups is 1. The normalized spacial score (nSPS) is 10.4. The molecule has 0 spiro atoms. The molecule has 110 valence electrons. The van der Waals surface area contributed by atoms with Gasteiger partial charge in [-0.15, -0.1) is 0 Å². The van der Waals surface area contributed by atoms with E-state index in [1.54, 1.807) is 0 Å². The first-order valence-corrected chi connectivity index (χ1v) is 7.71. The highest BCUT2D eigenvalue weighted by Crippen LogP contribution is 2.16. The van der Waals surface area contributed by atoms with Gasteiger partial charge >= 0.3 is 0 Å². The van der Waals surface area contributed by atoms with Gasteiger partial charge in [0.05, 0.1) is 6.54 Å². The Bertz CT molecular complexity index is 599. The summed E-state index contributed by atoms with van der Waals surface area (Å²) in [5, 5.41) is 6.05. The molecule has 2 aromatic rings. The van der Waals surface area contributed by atoms with Crippen LogP contribution in [0.2, 0.25) is 0 Å². The third kappa shape index (κ3) is 5.33. The van der Waals surface area contributed by atoms with E-state index in [0.29, 0.717) is 19.6 Å².